The number of hydrogen-bond acceptors (Lipinski definition) is 5. The lowest BCUT2D eigenvalue weighted by Gasteiger charge is -2.23. The zero-order valence-electron chi connectivity index (χ0n) is 13.9. The molecule has 3 rings (SSSR count). The SMILES string of the molecule is C[C@H]1CCCN1c1nc(Nc2ccc(C(=O)O)cc2)cc(C(F)(F)F)n1. The molecular weight excluding hydrogens is 349 g/mol. The third kappa shape index (κ3) is 3.87. The van der Waals surface area contributed by atoms with E-state index in [2.05, 4.69) is 15.3 Å². The van der Waals surface area contributed by atoms with E-state index in [-0.39, 0.29) is 23.4 Å². The Bertz CT molecular complexity index is 809. The number of benzene rings is 1. The van der Waals surface area contributed by atoms with Crippen LogP contribution in [0, 0.1) is 0 Å². The fourth-order valence-electron chi connectivity index (χ4n) is 2.85. The number of hydrogen-bond donors (Lipinski definition) is 2. The number of halogens is 3. The number of nitrogens with zero attached hydrogens (tertiary/aromatic N) is 3. The van der Waals surface area contributed by atoms with Gasteiger partial charge in [-0.25, -0.2) is 9.78 Å². The van der Waals surface area contributed by atoms with E-state index in [0.29, 0.717) is 12.2 Å². The largest absolute Gasteiger partial charge is 0.478 e. The van der Waals surface area contributed by atoms with Crippen LogP contribution in [-0.4, -0.2) is 33.6 Å². The highest BCUT2D eigenvalue weighted by molar-refractivity contribution is 5.88. The lowest BCUT2D eigenvalue weighted by atomic mass is 10.2. The normalized spacial score (nSPS) is 17.4. The summed E-state index contributed by atoms with van der Waals surface area (Å²) in [5.74, 6) is -1.04. The Balaban J connectivity index is 1.93. The van der Waals surface area contributed by atoms with E-state index >= 15 is 0 Å². The first kappa shape index (κ1) is 18.0. The van der Waals surface area contributed by atoms with Crippen molar-refractivity contribution in [1.82, 2.24) is 9.97 Å². The minimum absolute atomic E-state index is 0.00417. The highest BCUT2D eigenvalue weighted by Gasteiger charge is 2.35. The van der Waals surface area contributed by atoms with Gasteiger partial charge < -0.3 is 15.3 Å². The number of aromatic carboxylic acids is 1. The maximum atomic E-state index is 13.2. The molecule has 1 aliphatic heterocycles. The third-order valence-corrected chi connectivity index (χ3v) is 4.22. The Hall–Kier alpha value is -2.84. The molecule has 1 saturated heterocycles. The van der Waals surface area contributed by atoms with Gasteiger partial charge in [-0.2, -0.15) is 18.2 Å². The second-order valence-electron chi connectivity index (χ2n) is 6.13. The molecule has 1 aliphatic rings. The Morgan fingerprint density at radius 1 is 1.27 bits per heavy atom. The minimum atomic E-state index is -4.59. The molecule has 6 nitrogen and oxygen atoms in total. The van der Waals surface area contributed by atoms with Gasteiger partial charge in [-0.1, -0.05) is 0 Å². The van der Waals surface area contributed by atoms with E-state index in [1.165, 1.54) is 24.3 Å². The summed E-state index contributed by atoms with van der Waals surface area (Å²) in [7, 11) is 0. The Kier molecular flexibility index (Phi) is 4.71. The van der Waals surface area contributed by atoms with Gasteiger partial charge in [0.15, 0.2) is 5.69 Å². The van der Waals surface area contributed by atoms with Crippen LogP contribution in [0.4, 0.5) is 30.6 Å². The average molecular weight is 366 g/mol. The molecule has 0 aliphatic carbocycles. The van der Waals surface area contributed by atoms with Gasteiger partial charge in [0.05, 0.1) is 5.56 Å². The van der Waals surface area contributed by atoms with Crippen LogP contribution in [0.1, 0.15) is 35.8 Å². The maximum absolute atomic E-state index is 13.2. The van der Waals surface area contributed by atoms with Gasteiger partial charge in [0.25, 0.3) is 0 Å². The lowest BCUT2D eigenvalue weighted by Crippen LogP contribution is -2.29. The smallest absolute Gasteiger partial charge is 0.433 e. The minimum Gasteiger partial charge on any atom is -0.478 e. The van der Waals surface area contributed by atoms with Crippen molar-refractivity contribution in [1.29, 1.82) is 0 Å². The summed E-state index contributed by atoms with van der Waals surface area (Å²) in [5.41, 5.74) is -0.505. The number of carbonyl (C=O) groups is 1. The first-order valence-electron chi connectivity index (χ1n) is 8.07. The number of anilines is 3. The fraction of sp³-hybridized carbons (Fsp3) is 0.353. The van der Waals surface area contributed by atoms with E-state index in [0.717, 1.165) is 18.9 Å². The summed E-state index contributed by atoms with van der Waals surface area (Å²) in [6.45, 7) is 2.53. The molecule has 0 radical (unpaired) electrons. The molecule has 26 heavy (non-hydrogen) atoms. The Morgan fingerprint density at radius 2 is 1.96 bits per heavy atom. The molecule has 1 aromatic carbocycles. The van der Waals surface area contributed by atoms with Crippen LogP contribution in [0.3, 0.4) is 0 Å². The molecule has 1 atom stereocenters. The van der Waals surface area contributed by atoms with Crippen molar-refractivity contribution in [2.75, 3.05) is 16.8 Å². The quantitative estimate of drug-likeness (QED) is 0.854. The molecule has 9 heteroatoms. The molecule has 138 valence electrons. The van der Waals surface area contributed by atoms with E-state index in [1.54, 1.807) is 4.90 Å². The summed E-state index contributed by atoms with van der Waals surface area (Å²) in [6, 6.07) is 6.57. The van der Waals surface area contributed by atoms with Crippen molar-refractivity contribution in [2.24, 2.45) is 0 Å². The van der Waals surface area contributed by atoms with Crippen molar-refractivity contribution in [3.05, 3.63) is 41.6 Å². The molecule has 1 fully saturated rings. The van der Waals surface area contributed by atoms with Gasteiger partial charge in [-0.3, -0.25) is 0 Å². The zero-order valence-corrected chi connectivity index (χ0v) is 13.9. The van der Waals surface area contributed by atoms with Gasteiger partial charge in [0.1, 0.15) is 5.82 Å². The molecule has 2 aromatic rings. The molecule has 0 amide bonds. The predicted molar refractivity (Wildman–Crippen MR) is 89.8 cm³/mol. The van der Waals surface area contributed by atoms with Gasteiger partial charge in [0.2, 0.25) is 5.95 Å². The Morgan fingerprint density at radius 3 is 2.50 bits per heavy atom. The molecule has 0 spiro atoms. The molecule has 1 aromatic heterocycles. The first-order chi connectivity index (χ1) is 12.2. The second kappa shape index (κ2) is 6.81. The fourth-order valence-corrected chi connectivity index (χ4v) is 2.85. The van der Waals surface area contributed by atoms with E-state index in [1.807, 2.05) is 6.92 Å². The van der Waals surface area contributed by atoms with E-state index in [4.69, 9.17) is 5.11 Å². The number of alkyl halides is 3. The summed E-state index contributed by atoms with van der Waals surface area (Å²) in [6.07, 6.45) is -2.84. The van der Waals surface area contributed by atoms with Crippen LogP contribution in [-0.2, 0) is 6.18 Å². The van der Waals surface area contributed by atoms with Crippen molar-refractivity contribution in [2.45, 2.75) is 32.0 Å². The molecule has 2 heterocycles. The maximum Gasteiger partial charge on any atom is 0.433 e. The van der Waals surface area contributed by atoms with Crippen LogP contribution >= 0.6 is 0 Å². The highest BCUT2D eigenvalue weighted by atomic mass is 19.4. The van der Waals surface area contributed by atoms with Crippen LogP contribution in [0.25, 0.3) is 0 Å². The highest BCUT2D eigenvalue weighted by Crippen LogP contribution is 2.32. The van der Waals surface area contributed by atoms with Crippen molar-refractivity contribution in [3.8, 4) is 0 Å². The van der Waals surface area contributed by atoms with Crippen molar-refractivity contribution in [3.63, 3.8) is 0 Å². The number of carboxylic acids is 1. The van der Waals surface area contributed by atoms with Crippen LogP contribution in [0.2, 0.25) is 0 Å². The number of carboxylic acid groups (broad SMARTS) is 1. The van der Waals surface area contributed by atoms with Crippen molar-refractivity contribution >= 4 is 23.4 Å². The topological polar surface area (TPSA) is 78.4 Å². The van der Waals surface area contributed by atoms with E-state index < -0.39 is 17.8 Å². The molecule has 0 unspecified atom stereocenters. The zero-order chi connectivity index (χ0) is 18.9. The molecule has 0 bridgehead atoms. The standard InChI is InChI=1S/C17H17F3N4O2/c1-10-3-2-8-24(10)16-22-13(17(18,19)20)9-14(23-16)21-12-6-4-11(5-7-12)15(25)26/h4-7,9-10H,2-3,8H2,1H3,(H,25,26)(H,21,22,23)/t10-/m0/s1. The summed E-state index contributed by atoms with van der Waals surface area (Å²) in [4.78, 5) is 20.5. The van der Waals surface area contributed by atoms with Crippen molar-refractivity contribution < 1.29 is 23.1 Å². The number of aromatic nitrogens is 2. The molecule has 2 N–H and O–H groups in total. The summed E-state index contributed by atoms with van der Waals surface area (Å²) in [5, 5.41) is 11.7. The monoisotopic (exact) mass is 366 g/mol. The predicted octanol–water partition coefficient (Wildman–Crippen LogP) is 3.93. The second-order valence-corrected chi connectivity index (χ2v) is 6.13. The third-order valence-electron chi connectivity index (χ3n) is 4.22. The summed E-state index contributed by atoms with van der Waals surface area (Å²) >= 11 is 0. The number of nitrogens with one attached hydrogen (secondary N) is 1. The lowest BCUT2D eigenvalue weighted by molar-refractivity contribution is -0.141. The van der Waals surface area contributed by atoms with Crippen LogP contribution < -0.4 is 10.2 Å². The Labute approximate surface area is 147 Å². The number of rotatable bonds is 4. The first-order valence-corrected chi connectivity index (χ1v) is 8.07. The average Bonchev–Trinajstić information content (AvgIpc) is 3.00. The van der Waals surface area contributed by atoms with Gasteiger partial charge in [-0.15, -0.1) is 0 Å². The van der Waals surface area contributed by atoms with E-state index in [9.17, 15) is 18.0 Å². The van der Waals surface area contributed by atoms with Crippen LogP contribution in [0.15, 0.2) is 30.3 Å². The van der Waals surface area contributed by atoms with Gasteiger partial charge in [-0.05, 0) is 44.0 Å². The van der Waals surface area contributed by atoms with Gasteiger partial charge >= 0.3 is 12.1 Å². The summed E-state index contributed by atoms with van der Waals surface area (Å²) < 4.78 is 39.6. The molecule has 0 saturated carbocycles. The van der Waals surface area contributed by atoms with Crippen LogP contribution in [0.5, 0.6) is 0 Å². The van der Waals surface area contributed by atoms with Gasteiger partial charge in [0, 0.05) is 24.3 Å². The molecular formula is C17H17F3N4O2.